The van der Waals surface area contributed by atoms with Gasteiger partial charge in [0, 0.05) is 6.54 Å². The standard InChI is InChI=1S/C7H15N5/c1-7(2,4-8)5-12-3-6(9)10-11-12/h3H,4-5,8-9H2,1-2H3. The molecule has 68 valence electrons. The Morgan fingerprint density at radius 1 is 1.58 bits per heavy atom. The van der Waals surface area contributed by atoms with Gasteiger partial charge in [-0.25, -0.2) is 4.68 Å². The van der Waals surface area contributed by atoms with Gasteiger partial charge in [0.25, 0.3) is 0 Å². The van der Waals surface area contributed by atoms with Crippen LogP contribution in [0.15, 0.2) is 6.20 Å². The first-order chi connectivity index (χ1) is 5.53. The number of nitrogen functional groups attached to an aromatic ring is 1. The summed E-state index contributed by atoms with van der Waals surface area (Å²) in [6.07, 6.45) is 1.71. The zero-order valence-corrected chi connectivity index (χ0v) is 7.49. The molecule has 0 radical (unpaired) electrons. The van der Waals surface area contributed by atoms with E-state index in [2.05, 4.69) is 24.2 Å². The van der Waals surface area contributed by atoms with Crippen molar-refractivity contribution >= 4 is 5.82 Å². The second-order valence-electron chi connectivity index (χ2n) is 3.71. The van der Waals surface area contributed by atoms with Crippen LogP contribution in [0.4, 0.5) is 5.82 Å². The summed E-state index contributed by atoms with van der Waals surface area (Å²) in [5, 5.41) is 7.52. The number of anilines is 1. The van der Waals surface area contributed by atoms with Crippen LogP contribution in [0, 0.1) is 5.41 Å². The summed E-state index contributed by atoms with van der Waals surface area (Å²) < 4.78 is 1.71. The molecule has 1 rings (SSSR count). The van der Waals surface area contributed by atoms with Crippen LogP contribution in [0.2, 0.25) is 0 Å². The van der Waals surface area contributed by atoms with E-state index in [1.165, 1.54) is 0 Å². The Hall–Kier alpha value is -1.10. The molecule has 0 bridgehead atoms. The molecule has 0 aromatic carbocycles. The van der Waals surface area contributed by atoms with Crippen LogP contribution >= 0.6 is 0 Å². The molecule has 5 nitrogen and oxygen atoms in total. The Morgan fingerprint density at radius 3 is 2.67 bits per heavy atom. The van der Waals surface area contributed by atoms with E-state index in [0.717, 1.165) is 6.54 Å². The van der Waals surface area contributed by atoms with Gasteiger partial charge in [-0.1, -0.05) is 19.1 Å². The van der Waals surface area contributed by atoms with Gasteiger partial charge in [-0.15, -0.1) is 5.10 Å². The van der Waals surface area contributed by atoms with Crippen molar-refractivity contribution in [3.05, 3.63) is 6.20 Å². The molecule has 0 aliphatic rings. The van der Waals surface area contributed by atoms with Crippen molar-refractivity contribution in [3.63, 3.8) is 0 Å². The largest absolute Gasteiger partial charge is 0.381 e. The lowest BCUT2D eigenvalue weighted by Crippen LogP contribution is -2.29. The zero-order chi connectivity index (χ0) is 9.19. The molecule has 0 aliphatic heterocycles. The molecular weight excluding hydrogens is 154 g/mol. The monoisotopic (exact) mass is 169 g/mol. The second kappa shape index (κ2) is 3.10. The van der Waals surface area contributed by atoms with E-state index in [-0.39, 0.29) is 5.41 Å². The van der Waals surface area contributed by atoms with Crippen molar-refractivity contribution in [2.45, 2.75) is 20.4 Å². The highest BCUT2D eigenvalue weighted by Gasteiger charge is 2.16. The van der Waals surface area contributed by atoms with E-state index in [9.17, 15) is 0 Å². The second-order valence-corrected chi connectivity index (χ2v) is 3.71. The van der Waals surface area contributed by atoms with Gasteiger partial charge in [0.1, 0.15) is 0 Å². The molecular formula is C7H15N5. The third-order valence-electron chi connectivity index (χ3n) is 1.70. The quantitative estimate of drug-likeness (QED) is 0.659. The Bertz CT molecular complexity index is 252. The van der Waals surface area contributed by atoms with Crippen molar-refractivity contribution < 1.29 is 0 Å². The Morgan fingerprint density at radius 2 is 2.25 bits per heavy atom. The molecule has 0 saturated carbocycles. The molecule has 1 aromatic rings. The first-order valence-corrected chi connectivity index (χ1v) is 3.89. The normalized spacial score (nSPS) is 11.9. The van der Waals surface area contributed by atoms with Gasteiger partial charge in [0.05, 0.1) is 6.20 Å². The van der Waals surface area contributed by atoms with Gasteiger partial charge in [-0.2, -0.15) is 0 Å². The molecule has 0 atom stereocenters. The molecule has 0 unspecified atom stereocenters. The lowest BCUT2D eigenvalue weighted by Gasteiger charge is -2.21. The summed E-state index contributed by atoms with van der Waals surface area (Å²) in [6, 6.07) is 0. The number of rotatable bonds is 3. The third-order valence-corrected chi connectivity index (χ3v) is 1.70. The predicted molar refractivity (Wildman–Crippen MR) is 47.3 cm³/mol. The van der Waals surface area contributed by atoms with Crippen LogP contribution in [0.5, 0.6) is 0 Å². The highest BCUT2D eigenvalue weighted by atomic mass is 15.4. The lowest BCUT2D eigenvalue weighted by atomic mass is 9.94. The van der Waals surface area contributed by atoms with Crippen molar-refractivity contribution in [3.8, 4) is 0 Å². The highest BCUT2D eigenvalue weighted by Crippen LogP contribution is 2.15. The van der Waals surface area contributed by atoms with E-state index in [1.54, 1.807) is 10.9 Å². The van der Waals surface area contributed by atoms with Gasteiger partial charge in [-0.3, -0.25) is 0 Å². The molecule has 0 saturated heterocycles. The van der Waals surface area contributed by atoms with Crippen LogP contribution in [-0.2, 0) is 6.54 Å². The fourth-order valence-electron chi connectivity index (χ4n) is 0.894. The average Bonchev–Trinajstić information content (AvgIpc) is 2.35. The molecule has 12 heavy (non-hydrogen) atoms. The number of hydrogen-bond donors (Lipinski definition) is 2. The molecule has 1 heterocycles. The molecule has 0 aliphatic carbocycles. The minimum atomic E-state index is 0.0418. The topological polar surface area (TPSA) is 82.8 Å². The van der Waals surface area contributed by atoms with Gasteiger partial charge in [-0.05, 0) is 12.0 Å². The van der Waals surface area contributed by atoms with Crippen molar-refractivity contribution in [2.24, 2.45) is 11.1 Å². The van der Waals surface area contributed by atoms with Crippen molar-refractivity contribution in [2.75, 3.05) is 12.3 Å². The molecule has 1 aromatic heterocycles. The van der Waals surface area contributed by atoms with Crippen LogP contribution in [0.1, 0.15) is 13.8 Å². The van der Waals surface area contributed by atoms with E-state index in [4.69, 9.17) is 11.5 Å². The first kappa shape index (κ1) is 8.99. The number of aromatic nitrogens is 3. The maximum absolute atomic E-state index is 5.57. The maximum atomic E-state index is 5.57. The fraction of sp³-hybridized carbons (Fsp3) is 0.714. The summed E-state index contributed by atoms with van der Waals surface area (Å²) in [4.78, 5) is 0. The molecule has 5 heteroatoms. The minimum absolute atomic E-state index is 0.0418. The summed E-state index contributed by atoms with van der Waals surface area (Å²) in [7, 11) is 0. The van der Waals surface area contributed by atoms with Gasteiger partial charge < -0.3 is 11.5 Å². The predicted octanol–water partition coefficient (Wildman–Crippen LogP) is -0.155. The highest BCUT2D eigenvalue weighted by molar-refractivity contribution is 5.19. The number of nitrogens with zero attached hydrogens (tertiary/aromatic N) is 3. The minimum Gasteiger partial charge on any atom is -0.381 e. The van der Waals surface area contributed by atoms with Crippen molar-refractivity contribution in [1.82, 2.24) is 15.0 Å². The van der Waals surface area contributed by atoms with Crippen LogP contribution in [0.25, 0.3) is 0 Å². The van der Waals surface area contributed by atoms with Crippen LogP contribution in [-0.4, -0.2) is 21.5 Å². The number of nitrogens with two attached hydrogens (primary N) is 2. The Labute approximate surface area is 71.7 Å². The summed E-state index contributed by atoms with van der Waals surface area (Å²) in [5.74, 6) is 0.447. The average molecular weight is 169 g/mol. The fourth-order valence-corrected chi connectivity index (χ4v) is 0.894. The van der Waals surface area contributed by atoms with Crippen LogP contribution in [0.3, 0.4) is 0 Å². The summed E-state index contributed by atoms with van der Waals surface area (Å²) in [6.45, 7) is 5.51. The summed E-state index contributed by atoms with van der Waals surface area (Å²) >= 11 is 0. The maximum Gasteiger partial charge on any atom is 0.165 e. The molecule has 4 N–H and O–H groups in total. The SMILES string of the molecule is CC(C)(CN)Cn1cc(N)nn1. The van der Waals surface area contributed by atoms with E-state index in [1.807, 2.05) is 0 Å². The van der Waals surface area contributed by atoms with E-state index >= 15 is 0 Å². The molecule has 0 spiro atoms. The molecule has 0 amide bonds. The van der Waals surface area contributed by atoms with Gasteiger partial charge in [0.15, 0.2) is 5.82 Å². The van der Waals surface area contributed by atoms with Crippen LogP contribution < -0.4 is 11.5 Å². The Balaban J connectivity index is 2.63. The molecule has 0 fully saturated rings. The summed E-state index contributed by atoms with van der Waals surface area (Å²) in [5.41, 5.74) is 11.0. The smallest absolute Gasteiger partial charge is 0.165 e. The number of hydrogen-bond acceptors (Lipinski definition) is 4. The van der Waals surface area contributed by atoms with Crippen molar-refractivity contribution in [1.29, 1.82) is 0 Å². The van der Waals surface area contributed by atoms with E-state index in [0.29, 0.717) is 12.4 Å². The lowest BCUT2D eigenvalue weighted by molar-refractivity contribution is 0.298. The van der Waals surface area contributed by atoms with Gasteiger partial charge >= 0.3 is 0 Å². The third kappa shape index (κ3) is 2.20. The first-order valence-electron chi connectivity index (χ1n) is 3.89. The van der Waals surface area contributed by atoms with Gasteiger partial charge in [0.2, 0.25) is 0 Å². The zero-order valence-electron chi connectivity index (χ0n) is 7.49. The van der Waals surface area contributed by atoms with E-state index < -0.39 is 0 Å². The Kier molecular flexibility index (Phi) is 2.32.